The fraction of sp³-hybridized carbons (Fsp3) is 0.250. The summed E-state index contributed by atoms with van der Waals surface area (Å²) in [4.78, 5) is 12.9. The van der Waals surface area contributed by atoms with E-state index >= 15 is 0 Å². The molecule has 3 aromatic carbocycles. The molecular formula is C28H27BClFN2O6S. The Morgan fingerprint density at radius 2 is 1.82 bits per heavy atom. The molecule has 0 aliphatic heterocycles. The lowest BCUT2D eigenvalue weighted by atomic mass is 9.82. The van der Waals surface area contributed by atoms with Gasteiger partial charge in [0, 0.05) is 18.0 Å². The third-order valence-corrected chi connectivity index (χ3v) is 8.18. The molecule has 208 valence electrons. The average molecular weight is 585 g/mol. The molecule has 1 aromatic heterocycles. The average Bonchev–Trinajstić information content (AvgIpc) is 3.72. The van der Waals surface area contributed by atoms with E-state index < -0.39 is 29.1 Å². The van der Waals surface area contributed by atoms with Crippen molar-refractivity contribution in [2.24, 2.45) is 0 Å². The molecule has 0 bridgehead atoms. The minimum atomic E-state index is -3.01. The van der Waals surface area contributed by atoms with Crippen LogP contribution in [-0.2, 0) is 23.9 Å². The number of rotatable bonds is 10. The van der Waals surface area contributed by atoms with Crippen LogP contribution >= 0.6 is 11.6 Å². The molecule has 1 aliphatic carbocycles. The lowest BCUT2D eigenvalue weighted by Gasteiger charge is -2.20. The molecule has 1 heterocycles. The number of alkyl halides is 1. The van der Waals surface area contributed by atoms with E-state index in [2.05, 4.69) is 5.32 Å². The van der Waals surface area contributed by atoms with Crippen molar-refractivity contribution in [2.45, 2.75) is 37.0 Å². The van der Waals surface area contributed by atoms with Gasteiger partial charge < -0.3 is 19.8 Å². The molecule has 3 N–H and O–H groups in total. The molecule has 0 saturated heterocycles. The maximum Gasteiger partial charge on any atom is 0.470 e. The van der Waals surface area contributed by atoms with E-state index in [1.54, 1.807) is 42.5 Å². The van der Waals surface area contributed by atoms with Gasteiger partial charge in [-0.15, -0.1) is 11.6 Å². The van der Waals surface area contributed by atoms with Gasteiger partial charge in [-0.1, -0.05) is 12.1 Å². The molecule has 0 radical (unpaired) electrons. The summed E-state index contributed by atoms with van der Waals surface area (Å²) in [6, 6.07) is 16.1. The first-order chi connectivity index (χ1) is 19.2. The molecule has 5 rings (SSSR count). The van der Waals surface area contributed by atoms with E-state index in [0.717, 1.165) is 29.5 Å². The zero-order valence-electron chi connectivity index (χ0n) is 21.5. The van der Waals surface area contributed by atoms with Crippen LogP contribution in [0.25, 0.3) is 22.3 Å². The first-order valence-corrected chi connectivity index (χ1v) is 14.3. The van der Waals surface area contributed by atoms with E-state index in [1.165, 1.54) is 23.5 Å². The van der Waals surface area contributed by atoms with Gasteiger partial charge in [-0.25, -0.2) is 12.8 Å². The number of thiol groups is 1. The molecule has 8 nitrogen and oxygen atoms in total. The zero-order valence-corrected chi connectivity index (χ0v) is 23.2. The second-order valence-corrected chi connectivity index (χ2v) is 11.3. The van der Waals surface area contributed by atoms with Gasteiger partial charge in [0.25, 0.3) is 5.91 Å². The van der Waals surface area contributed by atoms with Crippen molar-refractivity contribution in [2.75, 3.05) is 11.4 Å². The van der Waals surface area contributed by atoms with Crippen LogP contribution in [0.2, 0.25) is 0 Å². The van der Waals surface area contributed by atoms with Crippen LogP contribution in [0.15, 0.2) is 65.1 Å². The highest BCUT2D eigenvalue weighted by molar-refractivity contribution is 7.74. The fourth-order valence-corrected chi connectivity index (χ4v) is 5.58. The van der Waals surface area contributed by atoms with Gasteiger partial charge in [0.2, 0.25) is 10.9 Å². The van der Waals surface area contributed by atoms with E-state index in [9.17, 15) is 27.7 Å². The fourth-order valence-electron chi connectivity index (χ4n) is 4.81. The van der Waals surface area contributed by atoms with Crippen molar-refractivity contribution in [3.63, 3.8) is 0 Å². The standard InChI is InChI=1S/C28H27BClFN2O6S/c1-32-28(34)26-23-14-22(17-4-5-17)19(13-24(23)39-27(26)18-6-8-20(31)9-7-18)15-33(40(37)38)21-10-2-16(3-11-21)12-25(30)29(35)36/h2-3,6-11,13-14,17,25,35-36,40H,4-5,12,15H2,1H3,(H,32,34). The van der Waals surface area contributed by atoms with Crippen LogP contribution in [0.5, 0.6) is 0 Å². The highest BCUT2D eigenvalue weighted by atomic mass is 35.5. The number of carbonyl (C=O) groups excluding carboxylic acids is 1. The number of fused-ring (bicyclic) bond motifs is 1. The van der Waals surface area contributed by atoms with Crippen molar-refractivity contribution in [3.05, 3.63) is 88.7 Å². The predicted octanol–water partition coefficient (Wildman–Crippen LogP) is 4.17. The molecule has 1 aliphatic rings. The maximum absolute atomic E-state index is 13.6. The van der Waals surface area contributed by atoms with Gasteiger partial charge in [0.05, 0.1) is 23.1 Å². The minimum Gasteiger partial charge on any atom is -0.455 e. The maximum atomic E-state index is 13.6. The van der Waals surface area contributed by atoms with Gasteiger partial charge in [0.15, 0.2) is 0 Å². The number of hydrogen-bond acceptors (Lipinski definition) is 6. The normalized spacial score (nSPS) is 13.9. The number of carbonyl (C=O) groups is 1. The van der Waals surface area contributed by atoms with Crippen molar-refractivity contribution in [1.82, 2.24) is 5.32 Å². The third-order valence-electron chi connectivity index (χ3n) is 7.03. The summed E-state index contributed by atoms with van der Waals surface area (Å²) < 4.78 is 45.8. The van der Waals surface area contributed by atoms with Crippen LogP contribution in [0, 0.1) is 5.82 Å². The van der Waals surface area contributed by atoms with E-state index in [1.807, 2.05) is 6.07 Å². The molecular weight excluding hydrogens is 558 g/mol. The molecule has 4 aromatic rings. The lowest BCUT2D eigenvalue weighted by Crippen LogP contribution is -2.28. The second-order valence-electron chi connectivity index (χ2n) is 9.81. The Morgan fingerprint density at radius 1 is 1.15 bits per heavy atom. The Labute approximate surface area is 237 Å². The summed E-state index contributed by atoms with van der Waals surface area (Å²) in [5.74, 6) is -0.209. The van der Waals surface area contributed by atoms with Crippen LogP contribution in [-0.4, -0.2) is 43.8 Å². The van der Waals surface area contributed by atoms with Gasteiger partial charge in [-0.05, 0) is 90.4 Å². The highest BCUT2D eigenvalue weighted by Crippen LogP contribution is 2.45. The topological polar surface area (TPSA) is 120 Å². The molecule has 12 heteroatoms. The van der Waals surface area contributed by atoms with Crippen molar-refractivity contribution >= 4 is 52.2 Å². The summed E-state index contributed by atoms with van der Waals surface area (Å²) in [6.07, 6.45) is 2.10. The smallest absolute Gasteiger partial charge is 0.455 e. The first kappa shape index (κ1) is 28.2. The quantitative estimate of drug-likeness (QED) is 0.126. The van der Waals surface area contributed by atoms with Gasteiger partial charge in [-0.3, -0.25) is 9.10 Å². The molecule has 0 spiro atoms. The number of nitrogens with one attached hydrogen (secondary N) is 1. The van der Waals surface area contributed by atoms with Crippen LogP contribution < -0.4 is 9.62 Å². The molecule has 1 fully saturated rings. The molecule has 1 atom stereocenters. The van der Waals surface area contributed by atoms with Crippen LogP contribution in [0.4, 0.5) is 10.1 Å². The number of furan rings is 1. The minimum absolute atomic E-state index is 0.0508. The van der Waals surface area contributed by atoms with Crippen LogP contribution in [0.1, 0.15) is 45.8 Å². The number of anilines is 1. The molecule has 1 unspecified atom stereocenters. The number of hydrogen-bond donors (Lipinski definition) is 4. The monoisotopic (exact) mass is 584 g/mol. The number of benzene rings is 3. The third kappa shape index (κ3) is 5.88. The largest absolute Gasteiger partial charge is 0.470 e. The van der Waals surface area contributed by atoms with Gasteiger partial charge in [0.1, 0.15) is 17.2 Å². The Kier molecular flexibility index (Phi) is 8.18. The van der Waals surface area contributed by atoms with Crippen molar-refractivity contribution in [3.8, 4) is 11.3 Å². The summed E-state index contributed by atoms with van der Waals surface area (Å²) in [6.45, 7) is 0.0508. The first-order valence-electron chi connectivity index (χ1n) is 12.7. The van der Waals surface area contributed by atoms with Gasteiger partial charge in [-0.2, -0.15) is 0 Å². The van der Waals surface area contributed by atoms with Crippen molar-refractivity contribution in [1.29, 1.82) is 0 Å². The predicted molar refractivity (Wildman–Crippen MR) is 153 cm³/mol. The second kappa shape index (κ2) is 11.6. The number of nitrogens with zero attached hydrogens (tertiary/aromatic N) is 1. The number of halogens is 2. The van der Waals surface area contributed by atoms with E-state index in [4.69, 9.17) is 16.0 Å². The van der Waals surface area contributed by atoms with Crippen molar-refractivity contribution < 1.29 is 32.1 Å². The van der Waals surface area contributed by atoms with E-state index in [0.29, 0.717) is 33.5 Å². The van der Waals surface area contributed by atoms with Gasteiger partial charge >= 0.3 is 7.12 Å². The Balaban J connectivity index is 1.55. The Morgan fingerprint density at radius 3 is 2.40 bits per heavy atom. The SMILES string of the molecule is CNC(=O)c1c(-c2ccc(F)cc2)oc2cc(CN(c3ccc(CC(Cl)B(O)O)cc3)[SH](=O)=O)c(C3CC3)cc12. The Hall–Kier alpha value is -3.38. The summed E-state index contributed by atoms with van der Waals surface area (Å²) in [5, 5.41) is 20.9. The molecule has 1 saturated carbocycles. The highest BCUT2D eigenvalue weighted by Gasteiger charge is 2.30. The summed E-state index contributed by atoms with van der Waals surface area (Å²) in [7, 11) is -3.15. The number of amides is 1. The lowest BCUT2D eigenvalue weighted by molar-refractivity contribution is 0.0964. The molecule has 40 heavy (non-hydrogen) atoms. The summed E-state index contributed by atoms with van der Waals surface area (Å²) >= 11 is 5.94. The molecule has 1 amide bonds. The Bertz CT molecular complexity index is 1610. The van der Waals surface area contributed by atoms with E-state index in [-0.39, 0.29) is 24.8 Å². The summed E-state index contributed by atoms with van der Waals surface area (Å²) in [5.41, 5.74) is 4.17. The zero-order chi connectivity index (χ0) is 28.6. The van der Waals surface area contributed by atoms with Crippen LogP contribution in [0.3, 0.4) is 0 Å².